The van der Waals surface area contributed by atoms with E-state index in [4.69, 9.17) is 5.73 Å². The first-order valence-corrected chi connectivity index (χ1v) is 17.3. The Bertz CT molecular complexity index is 1730. The van der Waals surface area contributed by atoms with Gasteiger partial charge in [0.15, 0.2) is 0 Å². The number of hydrogen-bond acceptors (Lipinski definition) is 4. The molecule has 3 atom stereocenters. The lowest BCUT2D eigenvalue weighted by Gasteiger charge is -2.33. The minimum Gasteiger partial charge on any atom is -0.369 e. The molecule has 1 fully saturated rings. The number of anilines is 3. The summed E-state index contributed by atoms with van der Waals surface area (Å²) in [6.07, 6.45) is 5.14. The lowest BCUT2D eigenvalue weighted by atomic mass is 9.74. The van der Waals surface area contributed by atoms with Crippen molar-refractivity contribution in [3.05, 3.63) is 114 Å². The molecule has 1 heterocycles. The van der Waals surface area contributed by atoms with Crippen molar-refractivity contribution < 1.29 is 14.4 Å². The summed E-state index contributed by atoms with van der Waals surface area (Å²) in [5.74, 6) is -1.65. The van der Waals surface area contributed by atoms with Crippen LogP contribution in [0.15, 0.2) is 103 Å². The summed E-state index contributed by atoms with van der Waals surface area (Å²) in [6, 6.07) is 33.7. The molecule has 48 heavy (non-hydrogen) atoms. The number of carbonyl (C=O) groups is 3. The standard InChI is InChI=1S/C41H46N4O3/c1-3-11-34(39(42)46)35(25-29-12-9-13-29)40(47)43-36-27-44(33-16-5-4-6-17-33)37-18-7-8-19-38(37)45(41(36)48)26-30-14-10-15-32(24-30)31-22-20-28(2)21-23-31/h4-8,10,14-24,29,34-36H,3,9,11-13,25-27H2,1-2H3,(H2,42,46)(H,43,47)/t34-,35+,36?/m0/s1. The van der Waals surface area contributed by atoms with Gasteiger partial charge in [-0.2, -0.15) is 0 Å². The van der Waals surface area contributed by atoms with Crippen LogP contribution in [0.25, 0.3) is 11.1 Å². The molecule has 1 unspecified atom stereocenters. The first-order chi connectivity index (χ1) is 23.3. The Morgan fingerprint density at radius 1 is 0.854 bits per heavy atom. The summed E-state index contributed by atoms with van der Waals surface area (Å²) in [4.78, 5) is 45.6. The maximum atomic E-state index is 14.8. The molecule has 6 rings (SSSR count). The number of hydrogen-bond donors (Lipinski definition) is 2. The van der Waals surface area contributed by atoms with Crippen LogP contribution in [0.4, 0.5) is 17.1 Å². The van der Waals surface area contributed by atoms with Gasteiger partial charge in [0, 0.05) is 17.5 Å². The summed E-state index contributed by atoms with van der Waals surface area (Å²) >= 11 is 0. The predicted octanol–water partition coefficient (Wildman–Crippen LogP) is 7.54. The van der Waals surface area contributed by atoms with Crippen molar-refractivity contribution in [3.8, 4) is 11.1 Å². The second-order valence-corrected chi connectivity index (χ2v) is 13.4. The lowest BCUT2D eigenvalue weighted by Crippen LogP contribution is -2.54. The second kappa shape index (κ2) is 14.9. The first-order valence-electron chi connectivity index (χ1n) is 17.3. The Balaban J connectivity index is 1.37. The molecule has 2 aliphatic rings. The van der Waals surface area contributed by atoms with Gasteiger partial charge in [-0.05, 0) is 72.7 Å². The van der Waals surface area contributed by atoms with Crippen molar-refractivity contribution in [2.45, 2.75) is 65.0 Å². The second-order valence-electron chi connectivity index (χ2n) is 13.4. The largest absolute Gasteiger partial charge is 0.369 e. The number of primary amides is 1. The molecule has 3 amide bonds. The van der Waals surface area contributed by atoms with Crippen LogP contribution < -0.4 is 20.9 Å². The Labute approximate surface area is 284 Å². The molecule has 248 valence electrons. The van der Waals surface area contributed by atoms with E-state index in [1.807, 2.05) is 73.7 Å². The average Bonchev–Trinajstić information content (AvgIpc) is 3.18. The SMILES string of the molecule is CCC[C@H](C(N)=O)[C@@H](CC1CCC1)C(=O)NC1CN(c2ccccc2)c2ccccc2N(Cc2cccc(-c3ccc(C)cc3)c2)C1=O. The van der Waals surface area contributed by atoms with E-state index >= 15 is 0 Å². The third-order valence-electron chi connectivity index (χ3n) is 10.0. The molecule has 0 saturated heterocycles. The van der Waals surface area contributed by atoms with Crippen LogP contribution in [0, 0.1) is 24.7 Å². The topological polar surface area (TPSA) is 95.7 Å². The quantitative estimate of drug-likeness (QED) is 0.167. The Morgan fingerprint density at radius 2 is 1.56 bits per heavy atom. The van der Waals surface area contributed by atoms with Crippen LogP contribution in [0.5, 0.6) is 0 Å². The average molecular weight is 643 g/mol. The zero-order valence-electron chi connectivity index (χ0n) is 28.0. The summed E-state index contributed by atoms with van der Waals surface area (Å²) in [5.41, 5.74) is 12.9. The Kier molecular flexibility index (Phi) is 10.2. The molecule has 1 aliphatic carbocycles. The molecule has 4 aromatic carbocycles. The van der Waals surface area contributed by atoms with E-state index in [0.29, 0.717) is 25.3 Å². The maximum Gasteiger partial charge on any atom is 0.251 e. The van der Waals surface area contributed by atoms with E-state index in [1.54, 1.807) is 4.90 Å². The minimum atomic E-state index is -0.857. The predicted molar refractivity (Wildman–Crippen MR) is 193 cm³/mol. The van der Waals surface area contributed by atoms with Crippen molar-refractivity contribution in [1.29, 1.82) is 0 Å². The van der Waals surface area contributed by atoms with Gasteiger partial charge in [-0.25, -0.2) is 0 Å². The van der Waals surface area contributed by atoms with Crippen molar-refractivity contribution in [3.63, 3.8) is 0 Å². The number of amides is 3. The molecule has 4 aromatic rings. The van der Waals surface area contributed by atoms with Crippen LogP contribution in [0.1, 0.15) is 56.6 Å². The van der Waals surface area contributed by atoms with Gasteiger partial charge in [0.25, 0.3) is 5.91 Å². The third kappa shape index (κ3) is 7.30. The van der Waals surface area contributed by atoms with E-state index in [-0.39, 0.29) is 18.4 Å². The van der Waals surface area contributed by atoms with Crippen molar-refractivity contribution in [2.24, 2.45) is 23.5 Å². The normalized spacial score (nSPS) is 17.5. The van der Waals surface area contributed by atoms with E-state index in [1.165, 1.54) is 5.56 Å². The minimum absolute atomic E-state index is 0.191. The maximum absolute atomic E-state index is 14.8. The molecule has 0 spiro atoms. The summed E-state index contributed by atoms with van der Waals surface area (Å²) < 4.78 is 0. The van der Waals surface area contributed by atoms with Crippen LogP contribution in [0.3, 0.4) is 0 Å². The summed E-state index contributed by atoms with van der Waals surface area (Å²) in [7, 11) is 0. The molecule has 7 heteroatoms. The van der Waals surface area contributed by atoms with Gasteiger partial charge < -0.3 is 20.9 Å². The van der Waals surface area contributed by atoms with Gasteiger partial charge in [-0.3, -0.25) is 14.4 Å². The number of fused-ring (bicyclic) bond motifs is 1. The highest BCUT2D eigenvalue weighted by Crippen LogP contribution is 2.39. The zero-order chi connectivity index (χ0) is 33.6. The van der Waals surface area contributed by atoms with Gasteiger partial charge in [-0.15, -0.1) is 0 Å². The third-order valence-corrected chi connectivity index (χ3v) is 10.0. The number of benzene rings is 4. The monoisotopic (exact) mass is 642 g/mol. The highest BCUT2D eigenvalue weighted by Gasteiger charge is 2.40. The smallest absolute Gasteiger partial charge is 0.251 e. The van der Waals surface area contributed by atoms with E-state index in [0.717, 1.165) is 59.4 Å². The fourth-order valence-electron chi connectivity index (χ4n) is 7.16. The Hall–Kier alpha value is -4.91. The summed E-state index contributed by atoms with van der Waals surface area (Å²) in [5, 5.41) is 3.17. The van der Waals surface area contributed by atoms with E-state index in [9.17, 15) is 14.4 Å². The van der Waals surface area contributed by atoms with Gasteiger partial charge in [0.2, 0.25) is 11.8 Å². The number of nitrogens with one attached hydrogen (secondary N) is 1. The van der Waals surface area contributed by atoms with Gasteiger partial charge in [0.05, 0.1) is 24.5 Å². The van der Waals surface area contributed by atoms with Gasteiger partial charge in [0.1, 0.15) is 6.04 Å². The van der Waals surface area contributed by atoms with E-state index < -0.39 is 23.8 Å². The molecule has 1 aliphatic heterocycles. The van der Waals surface area contributed by atoms with Crippen LogP contribution >= 0.6 is 0 Å². The molecular formula is C41H46N4O3. The number of aryl methyl sites for hydroxylation is 1. The highest BCUT2D eigenvalue weighted by molar-refractivity contribution is 6.04. The number of carbonyl (C=O) groups excluding carboxylic acids is 3. The molecule has 0 aromatic heterocycles. The molecule has 0 bridgehead atoms. The van der Waals surface area contributed by atoms with Crippen LogP contribution in [-0.4, -0.2) is 30.3 Å². The fraction of sp³-hybridized carbons (Fsp3) is 0.341. The number of rotatable bonds is 12. The van der Waals surface area contributed by atoms with Gasteiger partial charge in [-0.1, -0.05) is 111 Å². The van der Waals surface area contributed by atoms with E-state index in [2.05, 4.69) is 53.5 Å². The lowest BCUT2D eigenvalue weighted by molar-refractivity contribution is -0.136. The number of nitrogens with two attached hydrogens (primary N) is 1. The fourth-order valence-corrected chi connectivity index (χ4v) is 7.16. The van der Waals surface area contributed by atoms with Crippen molar-refractivity contribution >= 4 is 34.8 Å². The molecule has 1 saturated carbocycles. The summed E-state index contributed by atoms with van der Waals surface area (Å²) in [6.45, 7) is 4.65. The number of para-hydroxylation sites is 3. The van der Waals surface area contributed by atoms with Crippen LogP contribution in [-0.2, 0) is 20.9 Å². The number of nitrogens with zero attached hydrogens (tertiary/aromatic N) is 2. The molecule has 7 nitrogen and oxygen atoms in total. The first kappa shape index (κ1) is 33.0. The van der Waals surface area contributed by atoms with Crippen LogP contribution in [0.2, 0.25) is 0 Å². The zero-order valence-corrected chi connectivity index (χ0v) is 28.0. The highest BCUT2D eigenvalue weighted by atomic mass is 16.2. The molecule has 0 radical (unpaired) electrons. The van der Waals surface area contributed by atoms with Gasteiger partial charge >= 0.3 is 0 Å². The molecule has 3 N–H and O–H groups in total. The van der Waals surface area contributed by atoms with Crippen molar-refractivity contribution in [2.75, 3.05) is 16.3 Å². The molecular weight excluding hydrogens is 596 g/mol. The van der Waals surface area contributed by atoms with Crippen molar-refractivity contribution in [1.82, 2.24) is 5.32 Å². The Morgan fingerprint density at radius 3 is 2.23 bits per heavy atom.